The molecule has 0 saturated heterocycles. The molecular formula is C19H13ClFN3O6. The van der Waals surface area contributed by atoms with E-state index < -0.39 is 16.7 Å². The van der Waals surface area contributed by atoms with Crippen LogP contribution < -0.4 is 10.5 Å². The van der Waals surface area contributed by atoms with E-state index in [0.717, 1.165) is 6.07 Å². The first-order valence-electron chi connectivity index (χ1n) is 8.29. The van der Waals surface area contributed by atoms with Crippen molar-refractivity contribution in [3.05, 3.63) is 92.6 Å². The Morgan fingerprint density at radius 3 is 2.60 bits per heavy atom. The Hall–Kier alpha value is -3.92. The van der Waals surface area contributed by atoms with Gasteiger partial charge in [0.2, 0.25) is 5.76 Å². The predicted octanol–water partition coefficient (Wildman–Crippen LogP) is 4.04. The fourth-order valence-electron chi connectivity index (χ4n) is 2.25. The van der Waals surface area contributed by atoms with Gasteiger partial charge in [-0.25, -0.2) is 9.18 Å². The lowest BCUT2D eigenvalue weighted by Crippen LogP contribution is -2.15. The van der Waals surface area contributed by atoms with Crippen molar-refractivity contribution in [1.82, 2.24) is 0 Å². The first kappa shape index (κ1) is 20.8. The highest BCUT2D eigenvalue weighted by Gasteiger charge is 2.15. The molecule has 0 radical (unpaired) electrons. The highest BCUT2D eigenvalue weighted by molar-refractivity contribution is 6.32. The molecule has 0 spiro atoms. The molecule has 0 unspecified atom stereocenters. The molecule has 0 amide bonds. The number of nitrogens with zero attached hydrogens (tertiary/aromatic N) is 2. The maximum absolute atomic E-state index is 13.0. The molecule has 1 aromatic heterocycles. The zero-order valence-electron chi connectivity index (χ0n) is 15.1. The number of rotatable bonds is 7. The molecule has 154 valence electrons. The molecule has 0 fully saturated rings. The monoisotopic (exact) mass is 433 g/mol. The number of hydrogen-bond donors (Lipinski definition) is 1. The largest absolute Gasteiger partial charge is 0.484 e. The van der Waals surface area contributed by atoms with E-state index in [0.29, 0.717) is 5.56 Å². The van der Waals surface area contributed by atoms with Gasteiger partial charge in [-0.05, 0) is 42.5 Å². The summed E-state index contributed by atoms with van der Waals surface area (Å²) in [7, 11) is 0. The van der Waals surface area contributed by atoms with Crippen molar-refractivity contribution >= 4 is 29.1 Å². The van der Waals surface area contributed by atoms with E-state index in [9.17, 15) is 19.3 Å². The number of ether oxygens (including phenoxy) is 1. The van der Waals surface area contributed by atoms with E-state index in [4.69, 9.17) is 31.3 Å². The van der Waals surface area contributed by atoms with Crippen LogP contribution in [0.25, 0.3) is 0 Å². The molecule has 2 aromatic carbocycles. The van der Waals surface area contributed by atoms with Crippen LogP contribution in [0.5, 0.6) is 5.75 Å². The quantitative estimate of drug-likeness (QED) is 0.195. The van der Waals surface area contributed by atoms with Crippen LogP contribution in [-0.2, 0) is 11.4 Å². The van der Waals surface area contributed by atoms with Crippen molar-refractivity contribution in [3.8, 4) is 5.75 Å². The van der Waals surface area contributed by atoms with E-state index in [1.807, 2.05) is 0 Å². The molecule has 0 aliphatic carbocycles. The first-order valence-corrected chi connectivity index (χ1v) is 8.67. The van der Waals surface area contributed by atoms with Crippen molar-refractivity contribution < 1.29 is 28.1 Å². The summed E-state index contributed by atoms with van der Waals surface area (Å²) < 4.78 is 23.8. The number of hydrogen-bond acceptors (Lipinski definition) is 7. The lowest BCUT2D eigenvalue weighted by atomic mass is 10.2. The second kappa shape index (κ2) is 9.05. The number of halogens is 2. The highest BCUT2D eigenvalue weighted by Crippen LogP contribution is 2.26. The van der Waals surface area contributed by atoms with Crippen molar-refractivity contribution in [2.45, 2.75) is 6.61 Å². The Morgan fingerprint density at radius 2 is 1.93 bits per heavy atom. The number of carbonyl (C=O) groups is 1. The molecule has 3 aromatic rings. The molecule has 0 aliphatic heterocycles. The topological polar surface area (TPSA) is 130 Å². The summed E-state index contributed by atoms with van der Waals surface area (Å²) in [5.41, 5.74) is 5.92. The predicted molar refractivity (Wildman–Crippen MR) is 104 cm³/mol. The number of oxime groups is 1. The first-order chi connectivity index (χ1) is 14.3. The third kappa shape index (κ3) is 5.11. The van der Waals surface area contributed by atoms with Gasteiger partial charge in [0, 0.05) is 17.7 Å². The molecule has 0 bridgehead atoms. The Bertz CT molecular complexity index is 1110. The van der Waals surface area contributed by atoms with Crippen LogP contribution in [-0.4, -0.2) is 16.7 Å². The van der Waals surface area contributed by atoms with Gasteiger partial charge in [0.1, 0.15) is 23.9 Å². The minimum atomic E-state index is -0.911. The van der Waals surface area contributed by atoms with Crippen LogP contribution in [0, 0.1) is 15.9 Å². The van der Waals surface area contributed by atoms with Crippen LogP contribution in [0.1, 0.15) is 21.9 Å². The van der Waals surface area contributed by atoms with E-state index >= 15 is 0 Å². The van der Waals surface area contributed by atoms with Gasteiger partial charge in [-0.15, -0.1) is 0 Å². The summed E-state index contributed by atoms with van der Waals surface area (Å²) in [4.78, 5) is 26.8. The van der Waals surface area contributed by atoms with E-state index in [-0.39, 0.29) is 40.4 Å². The van der Waals surface area contributed by atoms with E-state index in [1.165, 1.54) is 48.5 Å². The fourth-order valence-corrected chi connectivity index (χ4v) is 2.47. The SMILES string of the molecule is N/C(=N\OC(=O)c1ccc(COc2ccc(F)cc2Cl)o1)c1ccc([N+](=O)[O-])cc1. The zero-order chi connectivity index (χ0) is 21.7. The second-order valence-corrected chi connectivity index (χ2v) is 6.20. The van der Waals surface area contributed by atoms with Gasteiger partial charge in [0.15, 0.2) is 5.84 Å². The van der Waals surface area contributed by atoms with Gasteiger partial charge in [0.25, 0.3) is 5.69 Å². The highest BCUT2D eigenvalue weighted by atomic mass is 35.5. The average Bonchev–Trinajstić information content (AvgIpc) is 3.20. The van der Waals surface area contributed by atoms with Gasteiger partial charge < -0.3 is 19.7 Å². The number of non-ortho nitro benzene ring substituents is 1. The Labute approximate surface area is 173 Å². The van der Waals surface area contributed by atoms with Gasteiger partial charge in [-0.3, -0.25) is 10.1 Å². The number of nitro benzene ring substituents is 1. The van der Waals surface area contributed by atoms with Gasteiger partial charge >= 0.3 is 5.97 Å². The summed E-state index contributed by atoms with van der Waals surface area (Å²) in [6.07, 6.45) is 0. The lowest BCUT2D eigenvalue weighted by molar-refractivity contribution is -0.384. The minimum Gasteiger partial charge on any atom is -0.484 e. The normalized spacial score (nSPS) is 11.2. The third-order valence-corrected chi connectivity index (χ3v) is 4.02. The molecular weight excluding hydrogens is 421 g/mol. The molecule has 0 atom stereocenters. The Balaban J connectivity index is 1.59. The molecule has 11 heteroatoms. The molecule has 0 aliphatic rings. The van der Waals surface area contributed by atoms with E-state index in [2.05, 4.69) is 5.16 Å². The standard InChI is InChI=1S/C19H13ClFN3O6/c20-15-9-12(21)3-7-16(15)28-10-14-6-8-17(29-14)19(25)30-23-18(22)11-1-4-13(5-2-11)24(26)27/h1-9H,10H2,(H2,22,23). The molecule has 1 heterocycles. The fraction of sp³-hybridized carbons (Fsp3) is 0.0526. The van der Waals surface area contributed by atoms with Gasteiger partial charge in [-0.1, -0.05) is 16.8 Å². The number of nitrogens with two attached hydrogens (primary N) is 1. The summed E-state index contributed by atoms with van der Waals surface area (Å²) in [6.45, 7) is -0.0627. The van der Waals surface area contributed by atoms with Crippen molar-refractivity contribution in [2.75, 3.05) is 0 Å². The minimum absolute atomic E-state index is 0.0627. The summed E-state index contributed by atoms with van der Waals surface area (Å²) in [5.74, 6) is -1.18. The summed E-state index contributed by atoms with van der Waals surface area (Å²) in [6, 6.07) is 11.7. The lowest BCUT2D eigenvalue weighted by Gasteiger charge is -2.06. The number of nitro groups is 1. The number of carbonyl (C=O) groups excluding carboxylic acids is 1. The smallest absolute Gasteiger partial charge is 0.400 e. The van der Waals surface area contributed by atoms with Crippen molar-refractivity contribution in [2.24, 2.45) is 10.9 Å². The van der Waals surface area contributed by atoms with Crippen LogP contribution in [0.4, 0.5) is 10.1 Å². The molecule has 2 N–H and O–H groups in total. The van der Waals surface area contributed by atoms with Gasteiger partial charge in [-0.2, -0.15) is 0 Å². The summed E-state index contributed by atoms with van der Waals surface area (Å²) >= 11 is 5.87. The zero-order valence-corrected chi connectivity index (χ0v) is 15.8. The molecule has 9 nitrogen and oxygen atoms in total. The average molecular weight is 434 g/mol. The second-order valence-electron chi connectivity index (χ2n) is 5.79. The summed E-state index contributed by atoms with van der Waals surface area (Å²) in [5, 5.41) is 14.2. The van der Waals surface area contributed by atoms with Gasteiger partial charge in [0.05, 0.1) is 9.95 Å². The van der Waals surface area contributed by atoms with Crippen LogP contribution in [0.2, 0.25) is 5.02 Å². The Kier molecular flexibility index (Phi) is 6.28. The molecule has 0 saturated carbocycles. The number of amidine groups is 1. The van der Waals surface area contributed by atoms with Crippen LogP contribution in [0.15, 0.2) is 64.2 Å². The number of furan rings is 1. The van der Waals surface area contributed by atoms with E-state index in [1.54, 1.807) is 0 Å². The van der Waals surface area contributed by atoms with Crippen LogP contribution >= 0.6 is 11.6 Å². The number of benzene rings is 2. The maximum Gasteiger partial charge on any atom is 0.400 e. The van der Waals surface area contributed by atoms with Crippen molar-refractivity contribution in [1.29, 1.82) is 0 Å². The maximum atomic E-state index is 13.0. The molecule has 3 rings (SSSR count). The Morgan fingerprint density at radius 1 is 1.20 bits per heavy atom. The van der Waals surface area contributed by atoms with Crippen LogP contribution in [0.3, 0.4) is 0 Å². The van der Waals surface area contributed by atoms with Crippen molar-refractivity contribution in [3.63, 3.8) is 0 Å². The third-order valence-electron chi connectivity index (χ3n) is 3.73. The molecule has 30 heavy (non-hydrogen) atoms.